The number of aromatic amines is 1. The Balaban J connectivity index is 1.89. The number of hydrogen-bond acceptors (Lipinski definition) is 2. The van der Waals surface area contributed by atoms with Gasteiger partial charge < -0.3 is 15.8 Å². The molecule has 0 spiro atoms. The van der Waals surface area contributed by atoms with Crippen LogP contribution in [0.3, 0.4) is 0 Å². The van der Waals surface area contributed by atoms with Crippen LogP contribution in [-0.4, -0.2) is 16.1 Å². The molecular weight excluding hydrogens is 264 g/mol. The molecule has 4 heteroatoms. The lowest BCUT2D eigenvalue weighted by Gasteiger charge is -2.11. The van der Waals surface area contributed by atoms with Crippen LogP contribution in [0.25, 0.3) is 21.8 Å². The van der Waals surface area contributed by atoms with Crippen molar-refractivity contribution in [3.05, 3.63) is 48.0 Å². The molecule has 0 amide bonds. The van der Waals surface area contributed by atoms with Gasteiger partial charge >= 0.3 is 5.97 Å². The van der Waals surface area contributed by atoms with Crippen LogP contribution in [0, 0.1) is 0 Å². The Morgan fingerprint density at radius 1 is 1.14 bits per heavy atom. The maximum atomic E-state index is 10.6. The molecule has 4 nitrogen and oxygen atoms in total. The van der Waals surface area contributed by atoms with E-state index in [1.807, 2.05) is 24.3 Å². The fourth-order valence-corrected chi connectivity index (χ4v) is 2.74. The van der Waals surface area contributed by atoms with Gasteiger partial charge in [-0.15, -0.1) is 0 Å². The van der Waals surface area contributed by atoms with Gasteiger partial charge in [0.1, 0.15) is 0 Å². The van der Waals surface area contributed by atoms with Crippen molar-refractivity contribution >= 4 is 27.8 Å². The summed E-state index contributed by atoms with van der Waals surface area (Å²) in [6, 6.07) is 14.2. The molecule has 0 bridgehead atoms. The van der Waals surface area contributed by atoms with Crippen molar-refractivity contribution in [2.45, 2.75) is 25.3 Å². The number of rotatable bonds is 5. The molecule has 1 atom stereocenters. The van der Waals surface area contributed by atoms with Crippen molar-refractivity contribution in [3.8, 4) is 0 Å². The van der Waals surface area contributed by atoms with E-state index < -0.39 is 5.97 Å². The van der Waals surface area contributed by atoms with Gasteiger partial charge in [-0.3, -0.25) is 4.79 Å². The standard InChI is InChI=1S/C17H18N2O2/c18-14(5-3-7-17(20)21)11-8-9-16-13(10-11)12-4-1-2-6-15(12)19-16/h1-2,4,6,8-10,14,19H,3,5,7,18H2,(H,20,21). The summed E-state index contributed by atoms with van der Waals surface area (Å²) in [6.07, 6.45) is 1.45. The molecule has 4 N–H and O–H groups in total. The first-order chi connectivity index (χ1) is 10.1. The molecule has 3 rings (SSSR count). The minimum Gasteiger partial charge on any atom is -0.481 e. The van der Waals surface area contributed by atoms with Gasteiger partial charge in [-0.05, 0) is 36.6 Å². The number of para-hydroxylation sites is 1. The first-order valence-electron chi connectivity index (χ1n) is 7.13. The number of nitrogens with one attached hydrogen (secondary N) is 1. The second-order valence-electron chi connectivity index (χ2n) is 5.37. The molecule has 0 radical (unpaired) electrons. The zero-order valence-corrected chi connectivity index (χ0v) is 11.7. The van der Waals surface area contributed by atoms with Crippen LogP contribution >= 0.6 is 0 Å². The lowest BCUT2D eigenvalue weighted by atomic mass is 10.00. The van der Waals surface area contributed by atoms with Gasteiger partial charge in [0.2, 0.25) is 0 Å². The molecule has 0 saturated carbocycles. The molecule has 0 fully saturated rings. The monoisotopic (exact) mass is 282 g/mol. The van der Waals surface area contributed by atoms with E-state index in [2.05, 4.69) is 23.2 Å². The molecule has 0 saturated heterocycles. The van der Waals surface area contributed by atoms with Crippen LogP contribution in [0.5, 0.6) is 0 Å². The summed E-state index contributed by atoms with van der Waals surface area (Å²) in [5.74, 6) is -0.769. The third-order valence-corrected chi connectivity index (χ3v) is 3.86. The highest BCUT2D eigenvalue weighted by atomic mass is 16.4. The van der Waals surface area contributed by atoms with Crippen molar-refractivity contribution in [1.29, 1.82) is 0 Å². The average Bonchev–Trinajstić information content (AvgIpc) is 2.84. The van der Waals surface area contributed by atoms with E-state index in [4.69, 9.17) is 10.8 Å². The summed E-state index contributed by atoms with van der Waals surface area (Å²) in [7, 11) is 0. The number of hydrogen-bond donors (Lipinski definition) is 3. The van der Waals surface area contributed by atoms with Crippen LogP contribution in [-0.2, 0) is 4.79 Å². The van der Waals surface area contributed by atoms with Crippen molar-refractivity contribution < 1.29 is 9.90 Å². The predicted molar refractivity (Wildman–Crippen MR) is 84.2 cm³/mol. The SMILES string of the molecule is NC(CCCC(=O)O)c1ccc2[nH]c3ccccc3c2c1. The number of H-pyrrole nitrogens is 1. The summed E-state index contributed by atoms with van der Waals surface area (Å²) in [5.41, 5.74) is 9.45. The van der Waals surface area contributed by atoms with Crippen LogP contribution in [0.15, 0.2) is 42.5 Å². The number of fused-ring (bicyclic) bond motifs is 3. The molecule has 2 aromatic carbocycles. The lowest BCUT2D eigenvalue weighted by molar-refractivity contribution is -0.137. The molecule has 108 valence electrons. The lowest BCUT2D eigenvalue weighted by Crippen LogP contribution is -2.10. The summed E-state index contributed by atoms with van der Waals surface area (Å²) in [5, 5.41) is 11.0. The Morgan fingerprint density at radius 3 is 2.71 bits per heavy atom. The second-order valence-corrected chi connectivity index (χ2v) is 5.37. The third kappa shape index (κ3) is 2.76. The van der Waals surface area contributed by atoms with Crippen LogP contribution in [0.2, 0.25) is 0 Å². The third-order valence-electron chi connectivity index (χ3n) is 3.86. The molecule has 0 aliphatic heterocycles. The first-order valence-corrected chi connectivity index (χ1v) is 7.13. The predicted octanol–water partition coefficient (Wildman–Crippen LogP) is 3.58. The summed E-state index contributed by atoms with van der Waals surface area (Å²) in [6.45, 7) is 0. The van der Waals surface area contributed by atoms with Crippen molar-refractivity contribution in [3.63, 3.8) is 0 Å². The van der Waals surface area contributed by atoms with Crippen molar-refractivity contribution in [2.24, 2.45) is 5.73 Å². The highest BCUT2D eigenvalue weighted by Crippen LogP contribution is 2.28. The van der Waals surface area contributed by atoms with E-state index >= 15 is 0 Å². The minimum atomic E-state index is -0.769. The zero-order chi connectivity index (χ0) is 14.8. The summed E-state index contributed by atoms with van der Waals surface area (Å²) in [4.78, 5) is 13.9. The number of nitrogens with two attached hydrogens (primary N) is 1. The number of carbonyl (C=O) groups is 1. The molecule has 3 aromatic rings. The van der Waals surface area contributed by atoms with Crippen LogP contribution in [0.4, 0.5) is 0 Å². The molecule has 0 aliphatic rings. The first kappa shape index (κ1) is 13.6. The summed E-state index contributed by atoms with van der Waals surface area (Å²) >= 11 is 0. The number of aliphatic carboxylic acids is 1. The maximum Gasteiger partial charge on any atom is 0.303 e. The van der Waals surface area contributed by atoms with Crippen molar-refractivity contribution in [2.75, 3.05) is 0 Å². The Bertz CT molecular complexity index is 792. The fraction of sp³-hybridized carbons (Fsp3) is 0.235. The average molecular weight is 282 g/mol. The highest BCUT2D eigenvalue weighted by molar-refractivity contribution is 6.07. The number of aromatic nitrogens is 1. The van der Waals surface area contributed by atoms with Gasteiger partial charge in [-0.1, -0.05) is 24.3 Å². The van der Waals surface area contributed by atoms with Crippen molar-refractivity contribution in [1.82, 2.24) is 4.98 Å². The maximum absolute atomic E-state index is 10.6. The Kier molecular flexibility index (Phi) is 3.62. The Hall–Kier alpha value is -2.33. The van der Waals surface area contributed by atoms with Crippen LogP contribution < -0.4 is 5.73 Å². The largest absolute Gasteiger partial charge is 0.481 e. The Morgan fingerprint density at radius 2 is 1.90 bits per heavy atom. The molecule has 1 unspecified atom stereocenters. The molecular formula is C17H18N2O2. The minimum absolute atomic E-state index is 0.123. The van der Waals surface area contributed by atoms with E-state index in [9.17, 15) is 4.79 Å². The summed E-state index contributed by atoms with van der Waals surface area (Å²) < 4.78 is 0. The zero-order valence-electron chi connectivity index (χ0n) is 11.7. The molecule has 1 heterocycles. The van der Waals surface area contributed by atoms with Gasteiger partial charge in [-0.2, -0.15) is 0 Å². The normalized spacial score (nSPS) is 12.8. The van der Waals surface area contributed by atoms with Gasteiger partial charge in [0.25, 0.3) is 0 Å². The van der Waals surface area contributed by atoms with Gasteiger partial charge in [0.05, 0.1) is 0 Å². The molecule has 21 heavy (non-hydrogen) atoms. The van der Waals surface area contributed by atoms with E-state index in [1.54, 1.807) is 0 Å². The number of carboxylic acids is 1. The smallest absolute Gasteiger partial charge is 0.303 e. The molecule has 1 aromatic heterocycles. The van der Waals surface area contributed by atoms with Gasteiger partial charge in [-0.25, -0.2) is 0 Å². The van der Waals surface area contributed by atoms with E-state index in [1.165, 1.54) is 5.39 Å². The van der Waals surface area contributed by atoms with E-state index in [0.29, 0.717) is 12.8 Å². The van der Waals surface area contributed by atoms with Gasteiger partial charge in [0.15, 0.2) is 0 Å². The topological polar surface area (TPSA) is 79.1 Å². The quantitative estimate of drug-likeness (QED) is 0.669. The highest BCUT2D eigenvalue weighted by Gasteiger charge is 2.10. The van der Waals surface area contributed by atoms with Gasteiger partial charge in [0, 0.05) is 34.3 Å². The second kappa shape index (κ2) is 5.58. The Labute approximate surface area is 122 Å². The number of benzene rings is 2. The fourth-order valence-electron chi connectivity index (χ4n) is 2.74. The van der Waals surface area contributed by atoms with Crippen LogP contribution in [0.1, 0.15) is 30.9 Å². The van der Waals surface area contributed by atoms with E-state index in [0.717, 1.165) is 22.0 Å². The van der Waals surface area contributed by atoms with E-state index in [-0.39, 0.29) is 12.5 Å². The molecule has 0 aliphatic carbocycles. The number of carboxylic acid groups (broad SMARTS) is 1.